The Hall–Kier alpha value is -2.33. The second-order valence-electron chi connectivity index (χ2n) is 5.12. The minimum Gasteiger partial charge on any atom is -0.290 e. The van der Waals surface area contributed by atoms with Crippen LogP contribution in [0.15, 0.2) is 64.5 Å². The maximum absolute atomic E-state index is 12.3. The topological polar surface area (TPSA) is 32.7 Å². The Labute approximate surface area is 134 Å². The Morgan fingerprint density at radius 1 is 1.05 bits per heavy atom. The van der Waals surface area contributed by atoms with Crippen molar-refractivity contribution in [1.82, 2.24) is 4.90 Å². The normalized spacial score (nSPS) is 18.5. The fourth-order valence-electron chi connectivity index (χ4n) is 2.08. The van der Waals surface area contributed by atoms with Crippen LogP contribution < -0.4 is 0 Å². The van der Waals surface area contributed by atoms with Gasteiger partial charge in [0.15, 0.2) is 5.17 Å². The molecule has 1 heterocycles. The van der Waals surface area contributed by atoms with Gasteiger partial charge in [-0.05, 0) is 42.5 Å². The van der Waals surface area contributed by atoms with Gasteiger partial charge in [0, 0.05) is 7.05 Å². The van der Waals surface area contributed by atoms with E-state index in [9.17, 15) is 4.79 Å². The van der Waals surface area contributed by atoms with Crippen LogP contribution in [0.3, 0.4) is 0 Å². The first-order chi connectivity index (χ1) is 10.6. The molecule has 0 bridgehead atoms. The number of hydrogen-bond donors (Lipinski definition) is 0. The highest BCUT2D eigenvalue weighted by Crippen LogP contribution is 2.33. The van der Waals surface area contributed by atoms with E-state index < -0.39 is 0 Å². The number of nitrogens with zero attached hydrogens (tertiary/aromatic N) is 2. The van der Waals surface area contributed by atoms with Gasteiger partial charge in [0.05, 0.1) is 10.6 Å². The fourth-order valence-corrected chi connectivity index (χ4v) is 3.07. The summed E-state index contributed by atoms with van der Waals surface area (Å²) in [5.41, 5.74) is 3.08. The van der Waals surface area contributed by atoms with Crippen molar-refractivity contribution in [2.24, 2.45) is 4.99 Å². The first-order valence-electron chi connectivity index (χ1n) is 7.01. The van der Waals surface area contributed by atoms with Crippen molar-refractivity contribution in [3.8, 4) is 0 Å². The Kier molecular flexibility index (Phi) is 4.11. The van der Waals surface area contributed by atoms with Gasteiger partial charge in [0.25, 0.3) is 5.91 Å². The van der Waals surface area contributed by atoms with Crippen LogP contribution in [0.5, 0.6) is 0 Å². The summed E-state index contributed by atoms with van der Waals surface area (Å²) in [6, 6.07) is 17.8. The zero-order chi connectivity index (χ0) is 15.5. The Morgan fingerprint density at radius 3 is 2.41 bits per heavy atom. The van der Waals surface area contributed by atoms with Gasteiger partial charge in [-0.1, -0.05) is 48.0 Å². The quantitative estimate of drug-likeness (QED) is 0.778. The second kappa shape index (κ2) is 6.20. The molecule has 3 rings (SSSR count). The van der Waals surface area contributed by atoms with Crippen molar-refractivity contribution in [1.29, 1.82) is 0 Å². The number of aliphatic imine (C=N–C) groups is 1. The average Bonchev–Trinajstić information content (AvgIpc) is 2.79. The number of amidine groups is 1. The van der Waals surface area contributed by atoms with Gasteiger partial charge in [-0.3, -0.25) is 9.69 Å². The lowest BCUT2D eigenvalue weighted by Gasteiger charge is -2.06. The third kappa shape index (κ3) is 3.12. The molecule has 1 fully saturated rings. The molecule has 4 heteroatoms. The van der Waals surface area contributed by atoms with E-state index in [1.807, 2.05) is 67.6 Å². The summed E-state index contributed by atoms with van der Waals surface area (Å²) in [5.74, 6) is -0.0137. The number of hydrogen-bond acceptors (Lipinski definition) is 3. The monoisotopic (exact) mass is 308 g/mol. The molecule has 0 saturated carbocycles. The molecular weight excluding hydrogens is 292 g/mol. The summed E-state index contributed by atoms with van der Waals surface area (Å²) in [5, 5.41) is 0.703. The van der Waals surface area contributed by atoms with Gasteiger partial charge in [-0.15, -0.1) is 0 Å². The Morgan fingerprint density at radius 2 is 1.73 bits per heavy atom. The second-order valence-corrected chi connectivity index (χ2v) is 6.12. The maximum atomic E-state index is 12.3. The van der Waals surface area contributed by atoms with Gasteiger partial charge in [-0.25, -0.2) is 4.99 Å². The molecule has 0 spiro atoms. The lowest BCUT2D eigenvalue weighted by atomic mass is 10.1. The van der Waals surface area contributed by atoms with E-state index in [0.717, 1.165) is 11.3 Å². The van der Waals surface area contributed by atoms with Crippen molar-refractivity contribution in [2.45, 2.75) is 6.92 Å². The molecule has 1 aliphatic rings. The van der Waals surface area contributed by atoms with Crippen LogP contribution in [0.2, 0.25) is 0 Å². The first-order valence-corrected chi connectivity index (χ1v) is 7.83. The van der Waals surface area contributed by atoms with Crippen molar-refractivity contribution >= 4 is 34.6 Å². The van der Waals surface area contributed by atoms with E-state index in [0.29, 0.717) is 10.1 Å². The van der Waals surface area contributed by atoms with Crippen molar-refractivity contribution < 1.29 is 4.79 Å². The predicted octanol–water partition coefficient (Wildman–Crippen LogP) is 4.23. The number of rotatable bonds is 2. The average molecular weight is 308 g/mol. The molecular formula is C18H16N2OS. The maximum Gasteiger partial charge on any atom is 0.266 e. The number of aryl methyl sites for hydroxylation is 1. The van der Waals surface area contributed by atoms with Gasteiger partial charge < -0.3 is 0 Å². The van der Waals surface area contributed by atoms with E-state index >= 15 is 0 Å². The molecule has 0 atom stereocenters. The third-order valence-electron chi connectivity index (χ3n) is 3.36. The third-order valence-corrected chi connectivity index (χ3v) is 4.42. The molecule has 1 aliphatic heterocycles. The van der Waals surface area contributed by atoms with Crippen LogP contribution in [0.1, 0.15) is 11.1 Å². The van der Waals surface area contributed by atoms with E-state index in [1.165, 1.54) is 17.3 Å². The lowest BCUT2D eigenvalue weighted by molar-refractivity contribution is -0.121. The number of carbonyl (C=O) groups excluding carboxylic acids is 1. The summed E-state index contributed by atoms with van der Waals surface area (Å²) in [6.07, 6.45) is 1.91. The van der Waals surface area contributed by atoms with Crippen molar-refractivity contribution in [2.75, 3.05) is 7.05 Å². The van der Waals surface area contributed by atoms with E-state index in [-0.39, 0.29) is 5.91 Å². The Bertz CT molecular complexity index is 748. The largest absolute Gasteiger partial charge is 0.290 e. The standard InChI is InChI=1S/C18H16N2OS/c1-13-8-10-14(11-9-13)12-16-17(21)20(2)18(22-16)19-15-6-4-3-5-7-15/h3-12H,1-2H3/b16-12+,19-18?. The minimum absolute atomic E-state index is 0.0137. The molecule has 2 aromatic rings. The highest BCUT2D eigenvalue weighted by atomic mass is 32.2. The first kappa shape index (κ1) is 14.6. The molecule has 2 aromatic carbocycles. The number of para-hydroxylation sites is 1. The molecule has 0 aromatic heterocycles. The van der Waals surface area contributed by atoms with E-state index in [2.05, 4.69) is 4.99 Å². The highest BCUT2D eigenvalue weighted by Gasteiger charge is 2.30. The number of carbonyl (C=O) groups is 1. The van der Waals surface area contributed by atoms with Gasteiger partial charge in [0.1, 0.15) is 0 Å². The van der Waals surface area contributed by atoms with Crippen LogP contribution in [0.25, 0.3) is 6.08 Å². The number of benzene rings is 2. The summed E-state index contributed by atoms with van der Waals surface area (Å²) < 4.78 is 0. The van der Waals surface area contributed by atoms with Crippen LogP contribution in [-0.4, -0.2) is 23.0 Å². The summed E-state index contributed by atoms with van der Waals surface area (Å²) in [4.78, 5) is 19.2. The molecule has 22 heavy (non-hydrogen) atoms. The number of amides is 1. The van der Waals surface area contributed by atoms with Gasteiger partial charge in [0.2, 0.25) is 0 Å². The molecule has 0 radical (unpaired) electrons. The summed E-state index contributed by atoms with van der Waals surface area (Å²) >= 11 is 1.41. The summed E-state index contributed by atoms with van der Waals surface area (Å²) in [6.45, 7) is 2.05. The Balaban J connectivity index is 1.88. The SMILES string of the molecule is Cc1ccc(/C=C2/SC(=Nc3ccccc3)N(C)C2=O)cc1. The highest BCUT2D eigenvalue weighted by molar-refractivity contribution is 8.18. The fraction of sp³-hybridized carbons (Fsp3) is 0.111. The van der Waals surface area contributed by atoms with Gasteiger partial charge in [-0.2, -0.15) is 0 Å². The number of thioether (sulfide) groups is 1. The molecule has 0 N–H and O–H groups in total. The molecule has 3 nitrogen and oxygen atoms in total. The number of likely N-dealkylation sites (N-methyl/N-ethyl adjacent to an activating group) is 1. The van der Waals surface area contributed by atoms with Crippen molar-refractivity contribution in [3.05, 3.63) is 70.6 Å². The van der Waals surface area contributed by atoms with Crippen LogP contribution in [0.4, 0.5) is 5.69 Å². The zero-order valence-corrected chi connectivity index (χ0v) is 13.3. The van der Waals surface area contributed by atoms with Crippen molar-refractivity contribution in [3.63, 3.8) is 0 Å². The molecule has 0 unspecified atom stereocenters. The van der Waals surface area contributed by atoms with Gasteiger partial charge >= 0.3 is 0 Å². The van der Waals surface area contributed by atoms with Crippen LogP contribution in [-0.2, 0) is 4.79 Å². The minimum atomic E-state index is -0.0137. The summed E-state index contributed by atoms with van der Waals surface area (Å²) in [7, 11) is 1.76. The van der Waals surface area contributed by atoms with Crippen LogP contribution in [0, 0.1) is 6.92 Å². The van der Waals surface area contributed by atoms with E-state index in [4.69, 9.17) is 0 Å². The molecule has 1 amide bonds. The molecule has 110 valence electrons. The lowest BCUT2D eigenvalue weighted by Crippen LogP contribution is -2.23. The predicted molar refractivity (Wildman–Crippen MR) is 93.1 cm³/mol. The molecule has 0 aliphatic carbocycles. The molecule has 1 saturated heterocycles. The van der Waals surface area contributed by atoms with E-state index in [1.54, 1.807) is 11.9 Å². The zero-order valence-electron chi connectivity index (χ0n) is 12.5. The van der Waals surface area contributed by atoms with Crippen LogP contribution >= 0.6 is 11.8 Å². The smallest absolute Gasteiger partial charge is 0.266 e.